The molecule has 1 aromatic rings. The summed E-state index contributed by atoms with van der Waals surface area (Å²) < 4.78 is 0. The van der Waals surface area contributed by atoms with Crippen molar-refractivity contribution < 1.29 is 0 Å². The van der Waals surface area contributed by atoms with Crippen molar-refractivity contribution in [3.05, 3.63) is 34.9 Å². The van der Waals surface area contributed by atoms with E-state index in [2.05, 4.69) is 50.9 Å². The lowest BCUT2D eigenvalue weighted by Gasteiger charge is -2.32. The first-order valence-electron chi connectivity index (χ1n) is 5.38. The van der Waals surface area contributed by atoms with Gasteiger partial charge in [0, 0.05) is 21.9 Å². The first kappa shape index (κ1) is 13.0. The van der Waals surface area contributed by atoms with Crippen LogP contribution in [0.25, 0.3) is 0 Å². The van der Waals surface area contributed by atoms with Gasteiger partial charge in [0.05, 0.1) is 0 Å². The topological polar surface area (TPSA) is 0 Å². The van der Waals surface area contributed by atoms with Crippen molar-refractivity contribution in [2.45, 2.75) is 37.9 Å². The number of hydrogen-bond donors (Lipinski definition) is 0. The second kappa shape index (κ2) is 4.85. The summed E-state index contributed by atoms with van der Waals surface area (Å²) in [4.78, 5) is 0. The van der Waals surface area contributed by atoms with Crippen molar-refractivity contribution in [1.82, 2.24) is 0 Å². The van der Waals surface area contributed by atoms with Crippen LogP contribution in [0.3, 0.4) is 0 Å². The maximum Gasteiger partial charge on any atom is 0.0490 e. The average Bonchev–Trinajstić information content (AvgIpc) is 1.99. The normalized spacial score (nSPS) is 14.3. The van der Waals surface area contributed by atoms with Gasteiger partial charge in [0.25, 0.3) is 0 Å². The Morgan fingerprint density at radius 2 is 1.80 bits per heavy atom. The Balaban J connectivity index is 3.11. The van der Waals surface area contributed by atoms with Crippen molar-refractivity contribution in [2.75, 3.05) is 0 Å². The fraction of sp³-hybridized carbons (Fsp3) is 0.500. The minimum absolute atomic E-state index is 0.296. The summed E-state index contributed by atoms with van der Waals surface area (Å²) in [5, 5.41) is 1.67. The largest absolute Gasteiger partial charge is 0.0843 e. The molecule has 0 amide bonds. The lowest BCUT2D eigenvalue weighted by Crippen LogP contribution is -2.38. The molecule has 0 saturated heterocycles. The van der Waals surface area contributed by atoms with Crippen molar-refractivity contribution in [2.24, 2.45) is 0 Å². The predicted octanol–water partition coefficient (Wildman–Crippen LogP) is 4.59. The van der Waals surface area contributed by atoms with Crippen molar-refractivity contribution in [3.8, 4) is 0 Å². The van der Waals surface area contributed by atoms with Crippen LogP contribution in [0.2, 0.25) is 37.8 Å². The van der Waals surface area contributed by atoms with E-state index in [9.17, 15) is 0 Å². The van der Waals surface area contributed by atoms with Gasteiger partial charge in [-0.25, -0.2) is 0 Å². The SMILES string of the molecule is C[Si](C)C(c1cccc(Cl)c1)[Si](C)(C)C. The molecule has 0 aromatic heterocycles. The first-order chi connectivity index (χ1) is 6.82. The summed E-state index contributed by atoms with van der Waals surface area (Å²) >= 11 is 6.07. The molecule has 0 aliphatic carbocycles. The summed E-state index contributed by atoms with van der Waals surface area (Å²) in [6.07, 6.45) is 0. The molecule has 0 spiro atoms. The van der Waals surface area contributed by atoms with Crippen LogP contribution >= 0.6 is 11.6 Å². The highest BCUT2D eigenvalue weighted by atomic mass is 35.5. The zero-order valence-corrected chi connectivity index (χ0v) is 13.0. The van der Waals surface area contributed by atoms with Crippen LogP contribution < -0.4 is 0 Å². The Kier molecular flexibility index (Phi) is 4.21. The van der Waals surface area contributed by atoms with Gasteiger partial charge in [0.15, 0.2) is 0 Å². The lowest BCUT2D eigenvalue weighted by molar-refractivity contribution is 1.21. The van der Waals surface area contributed by atoms with Crippen molar-refractivity contribution in [1.29, 1.82) is 0 Å². The Morgan fingerprint density at radius 3 is 2.20 bits per heavy atom. The molecule has 0 aliphatic heterocycles. The highest BCUT2D eigenvalue weighted by Gasteiger charge is 2.31. The maximum atomic E-state index is 6.07. The van der Waals surface area contributed by atoms with E-state index in [0.717, 1.165) is 10.2 Å². The summed E-state index contributed by atoms with van der Waals surface area (Å²) in [6, 6.07) is 8.44. The molecular weight excluding hydrogens is 236 g/mol. The van der Waals surface area contributed by atoms with Crippen LogP contribution in [0, 0.1) is 0 Å². The molecule has 1 atom stereocenters. The highest BCUT2D eigenvalue weighted by molar-refractivity contribution is 6.89. The minimum atomic E-state index is -1.13. The molecule has 1 unspecified atom stereocenters. The van der Waals surface area contributed by atoms with Crippen molar-refractivity contribution in [3.63, 3.8) is 0 Å². The second-order valence-corrected chi connectivity index (χ2v) is 14.5. The van der Waals surface area contributed by atoms with Crippen LogP contribution in [-0.2, 0) is 0 Å². The van der Waals surface area contributed by atoms with E-state index in [1.165, 1.54) is 5.56 Å². The smallest absolute Gasteiger partial charge is 0.0490 e. The third kappa shape index (κ3) is 3.47. The second-order valence-electron chi connectivity index (χ2n) is 5.43. The summed E-state index contributed by atoms with van der Waals surface area (Å²) in [7, 11) is -1.42. The molecule has 0 bridgehead atoms. The van der Waals surface area contributed by atoms with Gasteiger partial charge in [-0.1, -0.05) is 56.5 Å². The average molecular weight is 256 g/mol. The van der Waals surface area contributed by atoms with Gasteiger partial charge in [-0.3, -0.25) is 0 Å². The third-order valence-electron chi connectivity index (χ3n) is 2.63. The lowest BCUT2D eigenvalue weighted by atomic mass is 10.2. The monoisotopic (exact) mass is 255 g/mol. The van der Waals surface area contributed by atoms with Crippen LogP contribution in [0.15, 0.2) is 24.3 Å². The van der Waals surface area contributed by atoms with Gasteiger partial charge in [-0.05, 0) is 22.9 Å². The summed E-state index contributed by atoms with van der Waals surface area (Å²) in [6.45, 7) is 12.2. The molecule has 83 valence electrons. The molecule has 0 nitrogen and oxygen atoms in total. The Labute approximate surface area is 101 Å². The van der Waals surface area contributed by atoms with E-state index in [-0.39, 0.29) is 8.80 Å². The molecule has 0 fully saturated rings. The van der Waals surface area contributed by atoms with Gasteiger partial charge >= 0.3 is 0 Å². The van der Waals surface area contributed by atoms with Gasteiger partial charge in [-0.15, -0.1) is 0 Å². The van der Waals surface area contributed by atoms with Gasteiger partial charge in [0.1, 0.15) is 0 Å². The fourth-order valence-corrected chi connectivity index (χ4v) is 11.5. The highest BCUT2D eigenvalue weighted by Crippen LogP contribution is 2.30. The minimum Gasteiger partial charge on any atom is -0.0843 e. The molecule has 0 N–H and O–H groups in total. The number of halogens is 1. The van der Waals surface area contributed by atoms with Gasteiger partial charge < -0.3 is 0 Å². The number of rotatable bonds is 3. The fourth-order valence-electron chi connectivity index (χ4n) is 2.39. The molecule has 0 aliphatic rings. The molecular formula is C12H20ClSi2. The Hall–Kier alpha value is -0.0562. The standard InChI is InChI=1S/C12H20ClSi2/c1-14(2)12(15(3,4)5)10-7-6-8-11(13)9-10/h6-9,12H,1-5H3. The van der Waals surface area contributed by atoms with Crippen LogP contribution in [-0.4, -0.2) is 16.9 Å². The van der Waals surface area contributed by atoms with E-state index in [1.807, 2.05) is 6.07 Å². The van der Waals surface area contributed by atoms with E-state index < -0.39 is 8.07 Å². The molecule has 0 heterocycles. The summed E-state index contributed by atoms with van der Waals surface area (Å²) in [5.74, 6) is 0. The van der Waals surface area contributed by atoms with E-state index in [4.69, 9.17) is 11.6 Å². The molecule has 0 saturated carbocycles. The first-order valence-corrected chi connectivity index (χ1v) is 11.9. The van der Waals surface area contributed by atoms with Crippen molar-refractivity contribution >= 4 is 28.5 Å². The van der Waals surface area contributed by atoms with E-state index in [0.29, 0.717) is 0 Å². The Bertz CT molecular complexity index is 329. The predicted molar refractivity (Wildman–Crippen MR) is 75.0 cm³/mol. The van der Waals surface area contributed by atoms with Gasteiger partial charge in [-0.2, -0.15) is 0 Å². The summed E-state index contributed by atoms with van der Waals surface area (Å²) in [5.41, 5.74) is 1.46. The number of benzene rings is 1. The maximum absolute atomic E-state index is 6.07. The molecule has 1 aromatic carbocycles. The quantitative estimate of drug-likeness (QED) is 0.693. The Morgan fingerprint density at radius 1 is 1.20 bits per heavy atom. The van der Waals surface area contributed by atoms with Crippen LogP contribution in [0.4, 0.5) is 0 Å². The third-order valence-corrected chi connectivity index (χ3v) is 10.7. The number of hydrogen-bond acceptors (Lipinski definition) is 0. The zero-order valence-electron chi connectivity index (χ0n) is 10.3. The van der Waals surface area contributed by atoms with Crippen LogP contribution in [0.5, 0.6) is 0 Å². The van der Waals surface area contributed by atoms with Crippen LogP contribution in [0.1, 0.15) is 10.7 Å². The zero-order chi connectivity index (χ0) is 11.6. The molecule has 15 heavy (non-hydrogen) atoms. The molecule has 1 radical (unpaired) electrons. The molecule has 3 heteroatoms. The van der Waals surface area contributed by atoms with Gasteiger partial charge in [0.2, 0.25) is 0 Å². The van der Waals surface area contributed by atoms with E-state index in [1.54, 1.807) is 0 Å². The molecule has 1 rings (SSSR count). The van der Waals surface area contributed by atoms with E-state index >= 15 is 0 Å².